The molecule has 1 atom stereocenters. The predicted octanol–water partition coefficient (Wildman–Crippen LogP) is 4.32. The van der Waals surface area contributed by atoms with Gasteiger partial charge in [-0.25, -0.2) is 0 Å². The van der Waals surface area contributed by atoms with Crippen LogP contribution in [0, 0.1) is 20.8 Å². The molecule has 30 heavy (non-hydrogen) atoms. The van der Waals surface area contributed by atoms with Crippen LogP contribution in [0.1, 0.15) is 48.9 Å². The van der Waals surface area contributed by atoms with Crippen molar-refractivity contribution < 1.29 is 14.3 Å². The molecular weight excluding hydrogens is 376 g/mol. The summed E-state index contributed by atoms with van der Waals surface area (Å²) in [6.07, 6.45) is 1.39. The van der Waals surface area contributed by atoms with Crippen molar-refractivity contribution in [3.05, 3.63) is 64.7 Å². The molecule has 5 nitrogen and oxygen atoms in total. The van der Waals surface area contributed by atoms with Crippen LogP contribution in [0.5, 0.6) is 5.75 Å². The fourth-order valence-electron chi connectivity index (χ4n) is 3.32. The van der Waals surface area contributed by atoms with E-state index in [1.807, 2.05) is 77.1 Å². The number of ether oxygens (including phenoxy) is 1. The lowest BCUT2D eigenvalue weighted by molar-refractivity contribution is -0.143. The normalized spacial score (nSPS) is 11.6. The van der Waals surface area contributed by atoms with Crippen LogP contribution in [0.4, 0.5) is 0 Å². The molecule has 0 spiro atoms. The van der Waals surface area contributed by atoms with Crippen molar-refractivity contribution in [1.29, 1.82) is 0 Å². The average molecular weight is 411 g/mol. The topological polar surface area (TPSA) is 58.6 Å². The van der Waals surface area contributed by atoms with E-state index in [-0.39, 0.29) is 18.4 Å². The Bertz CT molecular complexity index is 863. The minimum absolute atomic E-state index is 0.105. The summed E-state index contributed by atoms with van der Waals surface area (Å²) in [6.45, 7) is 10.9. The maximum Gasteiger partial charge on any atom is 0.261 e. The standard InChI is InChI=1S/C25H34N2O3/c1-6-13-26-25(29)23(7-2)27(16-21-10-8-9-18(3)14-21)24(28)17-30-22-12-11-19(4)20(5)15-22/h8-12,14-15,23H,6-7,13,16-17H2,1-5H3,(H,26,29). The third kappa shape index (κ3) is 6.61. The largest absolute Gasteiger partial charge is 0.484 e. The van der Waals surface area contributed by atoms with E-state index in [1.165, 1.54) is 5.56 Å². The molecule has 5 heteroatoms. The van der Waals surface area contributed by atoms with Gasteiger partial charge in [-0.3, -0.25) is 9.59 Å². The lowest BCUT2D eigenvalue weighted by Gasteiger charge is -2.30. The maximum atomic E-state index is 13.2. The number of rotatable bonds is 10. The van der Waals surface area contributed by atoms with Gasteiger partial charge in [-0.15, -0.1) is 0 Å². The van der Waals surface area contributed by atoms with Gasteiger partial charge in [-0.1, -0.05) is 49.7 Å². The van der Waals surface area contributed by atoms with Crippen molar-refractivity contribution in [2.45, 2.75) is 60.0 Å². The molecule has 0 aliphatic carbocycles. The fraction of sp³-hybridized carbons (Fsp3) is 0.440. The molecule has 2 amide bonds. The number of hydrogen-bond acceptors (Lipinski definition) is 3. The van der Waals surface area contributed by atoms with E-state index in [9.17, 15) is 9.59 Å². The molecular formula is C25H34N2O3. The Hall–Kier alpha value is -2.82. The van der Waals surface area contributed by atoms with Crippen molar-refractivity contribution in [2.75, 3.05) is 13.2 Å². The SMILES string of the molecule is CCCNC(=O)C(CC)N(Cc1cccc(C)c1)C(=O)COc1ccc(C)c(C)c1. The molecule has 0 aromatic heterocycles. The first-order valence-corrected chi connectivity index (χ1v) is 10.7. The Labute approximate surface area is 180 Å². The Kier molecular flexibility index (Phi) is 8.90. The Morgan fingerprint density at radius 2 is 1.80 bits per heavy atom. The monoisotopic (exact) mass is 410 g/mol. The van der Waals surface area contributed by atoms with Crippen LogP contribution in [-0.2, 0) is 16.1 Å². The third-order valence-corrected chi connectivity index (χ3v) is 5.21. The molecule has 162 valence electrons. The van der Waals surface area contributed by atoms with E-state index in [4.69, 9.17) is 4.74 Å². The number of hydrogen-bond donors (Lipinski definition) is 1. The van der Waals surface area contributed by atoms with Gasteiger partial charge in [0.1, 0.15) is 11.8 Å². The number of nitrogens with one attached hydrogen (secondary N) is 1. The molecule has 0 fully saturated rings. The van der Waals surface area contributed by atoms with E-state index in [0.29, 0.717) is 25.3 Å². The van der Waals surface area contributed by atoms with E-state index in [2.05, 4.69) is 5.32 Å². The lowest BCUT2D eigenvalue weighted by Crippen LogP contribution is -2.50. The lowest BCUT2D eigenvalue weighted by atomic mass is 10.1. The average Bonchev–Trinajstić information content (AvgIpc) is 2.72. The fourth-order valence-corrected chi connectivity index (χ4v) is 3.32. The Balaban J connectivity index is 2.20. The minimum atomic E-state index is -0.534. The first kappa shape index (κ1) is 23.5. The zero-order chi connectivity index (χ0) is 22.1. The van der Waals surface area contributed by atoms with Gasteiger partial charge in [0.25, 0.3) is 5.91 Å². The van der Waals surface area contributed by atoms with Gasteiger partial charge >= 0.3 is 0 Å². The van der Waals surface area contributed by atoms with Crippen molar-refractivity contribution >= 4 is 11.8 Å². The Morgan fingerprint density at radius 3 is 2.43 bits per heavy atom. The second-order valence-electron chi connectivity index (χ2n) is 7.76. The van der Waals surface area contributed by atoms with E-state index < -0.39 is 6.04 Å². The molecule has 0 aliphatic rings. The number of nitrogens with zero attached hydrogens (tertiary/aromatic N) is 1. The first-order chi connectivity index (χ1) is 14.3. The zero-order valence-corrected chi connectivity index (χ0v) is 18.8. The summed E-state index contributed by atoms with van der Waals surface area (Å²) in [4.78, 5) is 27.5. The molecule has 0 saturated heterocycles. The molecule has 2 aromatic rings. The van der Waals surface area contributed by atoms with Crippen molar-refractivity contribution in [3.63, 3.8) is 0 Å². The van der Waals surface area contributed by atoms with E-state index >= 15 is 0 Å². The summed E-state index contributed by atoms with van der Waals surface area (Å²) >= 11 is 0. The molecule has 0 radical (unpaired) electrons. The van der Waals surface area contributed by atoms with Gasteiger partial charge in [0.15, 0.2) is 6.61 Å². The number of carbonyl (C=O) groups is 2. The second-order valence-corrected chi connectivity index (χ2v) is 7.76. The molecule has 0 heterocycles. The number of aryl methyl sites for hydroxylation is 3. The van der Waals surface area contributed by atoms with Gasteiger partial charge in [0, 0.05) is 13.1 Å². The van der Waals surface area contributed by atoms with Crippen molar-refractivity contribution in [2.24, 2.45) is 0 Å². The molecule has 0 saturated carbocycles. The van der Waals surface area contributed by atoms with E-state index in [0.717, 1.165) is 23.1 Å². The summed E-state index contributed by atoms with van der Waals surface area (Å²) in [5.41, 5.74) is 4.40. The summed E-state index contributed by atoms with van der Waals surface area (Å²) in [7, 11) is 0. The highest BCUT2D eigenvalue weighted by molar-refractivity contribution is 5.88. The van der Waals surface area contributed by atoms with Crippen LogP contribution < -0.4 is 10.1 Å². The maximum absolute atomic E-state index is 13.2. The third-order valence-electron chi connectivity index (χ3n) is 5.21. The van der Waals surface area contributed by atoms with Gasteiger partial charge < -0.3 is 15.0 Å². The highest BCUT2D eigenvalue weighted by Crippen LogP contribution is 2.18. The molecule has 1 unspecified atom stereocenters. The minimum Gasteiger partial charge on any atom is -0.484 e. The number of carbonyl (C=O) groups excluding carboxylic acids is 2. The van der Waals surface area contributed by atoms with Crippen LogP contribution in [-0.4, -0.2) is 35.9 Å². The van der Waals surface area contributed by atoms with Crippen LogP contribution in [0.3, 0.4) is 0 Å². The molecule has 0 bridgehead atoms. The van der Waals surface area contributed by atoms with Crippen LogP contribution in [0.2, 0.25) is 0 Å². The number of amides is 2. The van der Waals surface area contributed by atoms with Crippen LogP contribution in [0.25, 0.3) is 0 Å². The summed E-state index contributed by atoms with van der Waals surface area (Å²) in [6, 6.07) is 13.3. The highest BCUT2D eigenvalue weighted by Gasteiger charge is 2.28. The van der Waals surface area contributed by atoms with Crippen LogP contribution >= 0.6 is 0 Å². The summed E-state index contributed by atoms with van der Waals surface area (Å²) < 4.78 is 5.78. The van der Waals surface area contributed by atoms with Gasteiger partial charge in [-0.05, 0) is 62.4 Å². The molecule has 2 aromatic carbocycles. The molecule has 0 aliphatic heterocycles. The second kappa shape index (κ2) is 11.4. The zero-order valence-electron chi connectivity index (χ0n) is 18.8. The summed E-state index contributed by atoms with van der Waals surface area (Å²) in [5, 5.41) is 2.93. The van der Waals surface area contributed by atoms with Crippen molar-refractivity contribution in [1.82, 2.24) is 10.2 Å². The van der Waals surface area contributed by atoms with Gasteiger partial charge in [-0.2, -0.15) is 0 Å². The van der Waals surface area contributed by atoms with E-state index in [1.54, 1.807) is 4.90 Å². The predicted molar refractivity (Wildman–Crippen MR) is 121 cm³/mol. The smallest absolute Gasteiger partial charge is 0.261 e. The summed E-state index contributed by atoms with van der Waals surface area (Å²) in [5.74, 6) is 0.338. The van der Waals surface area contributed by atoms with Crippen molar-refractivity contribution in [3.8, 4) is 5.75 Å². The molecule has 2 rings (SSSR count). The molecule has 1 N–H and O–H groups in total. The van der Waals surface area contributed by atoms with Gasteiger partial charge in [0.2, 0.25) is 5.91 Å². The highest BCUT2D eigenvalue weighted by atomic mass is 16.5. The quantitative estimate of drug-likeness (QED) is 0.634. The first-order valence-electron chi connectivity index (χ1n) is 10.7. The van der Waals surface area contributed by atoms with Crippen LogP contribution in [0.15, 0.2) is 42.5 Å². The number of benzene rings is 2. The Morgan fingerprint density at radius 1 is 1.03 bits per heavy atom. The van der Waals surface area contributed by atoms with Gasteiger partial charge in [0.05, 0.1) is 0 Å².